The molecule has 2 aromatic rings. The first-order valence-corrected chi connectivity index (χ1v) is 6.72. The summed E-state index contributed by atoms with van der Waals surface area (Å²) in [6, 6.07) is 7.57. The molecule has 0 spiro atoms. The molecule has 0 saturated heterocycles. The summed E-state index contributed by atoms with van der Waals surface area (Å²) in [5.41, 5.74) is 0.416. The Hall–Kier alpha value is -2.08. The third-order valence-corrected chi connectivity index (χ3v) is 3.20. The summed E-state index contributed by atoms with van der Waals surface area (Å²) in [5, 5.41) is 8.99. The Bertz CT molecular complexity index is 572. The molecule has 6 heteroatoms. The summed E-state index contributed by atoms with van der Waals surface area (Å²) < 4.78 is 5.52. The molecule has 0 bridgehead atoms. The lowest BCUT2D eigenvalue weighted by Gasteiger charge is -2.07. The van der Waals surface area contributed by atoms with Crippen LogP contribution in [0.15, 0.2) is 41.7 Å². The van der Waals surface area contributed by atoms with Crippen molar-refractivity contribution in [1.29, 1.82) is 0 Å². The number of aromatic nitrogens is 2. The quantitative estimate of drug-likeness (QED) is 0.846. The molecule has 1 aromatic heterocycles. The van der Waals surface area contributed by atoms with E-state index in [0.717, 1.165) is 4.90 Å². The van der Waals surface area contributed by atoms with Gasteiger partial charge in [0.15, 0.2) is 0 Å². The molecule has 2 rings (SSSR count). The van der Waals surface area contributed by atoms with E-state index >= 15 is 0 Å². The van der Waals surface area contributed by atoms with Gasteiger partial charge in [-0.05, 0) is 30.5 Å². The van der Waals surface area contributed by atoms with Crippen molar-refractivity contribution in [3.63, 3.8) is 0 Å². The van der Waals surface area contributed by atoms with Gasteiger partial charge in [0, 0.05) is 11.1 Å². The van der Waals surface area contributed by atoms with Gasteiger partial charge in [-0.15, -0.1) is 11.8 Å². The first-order valence-electron chi connectivity index (χ1n) is 5.49. The molecule has 0 atom stereocenters. The second kappa shape index (κ2) is 6.19. The van der Waals surface area contributed by atoms with E-state index in [1.54, 1.807) is 11.8 Å². The van der Waals surface area contributed by atoms with E-state index in [9.17, 15) is 4.79 Å². The maximum atomic E-state index is 11.0. The molecule has 0 aliphatic rings. The molecule has 0 fully saturated rings. The minimum absolute atomic E-state index is 0.0585. The summed E-state index contributed by atoms with van der Waals surface area (Å²) >= 11 is 1.64. The fourth-order valence-corrected chi connectivity index (χ4v) is 1.88. The highest BCUT2D eigenvalue weighted by atomic mass is 32.2. The van der Waals surface area contributed by atoms with Crippen LogP contribution in [0.5, 0.6) is 5.75 Å². The van der Waals surface area contributed by atoms with Crippen molar-refractivity contribution in [3.8, 4) is 5.75 Å². The van der Waals surface area contributed by atoms with Crippen molar-refractivity contribution < 1.29 is 14.6 Å². The van der Waals surface area contributed by atoms with Gasteiger partial charge in [-0.25, -0.2) is 14.8 Å². The number of aromatic carboxylic acids is 1. The lowest BCUT2D eigenvalue weighted by atomic mass is 10.2. The van der Waals surface area contributed by atoms with Crippen LogP contribution in [0.25, 0.3) is 0 Å². The van der Waals surface area contributed by atoms with Crippen LogP contribution < -0.4 is 4.74 Å². The van der Waals surface area contributed by atoms with E-state index in [1.807, 2.05) is 30.5 Å². The minimum Gasteiger partial charge on any atom is -0.487 e. The highest BCUT2D eigenvalue weighted by Crippen LogP contribution is 2.19. The first-order chi connectivity index (χ1) is 9.20. The second-order valence-corrected chi connectivity index (χ2v) is 4.53. The Kier molecular flexibility index (Phi) is 4.35. The van der Waals surface area contributed by atoms with Gasteiger partial charge in [-0.2, -0.15) is 0 Å². The standard InChI is InChI=1S/C13H12N2O3S/c1-19-10-4-2-9(3-5-10)18-7-12-11(13(16)17)6-14-8-15-12/h2-6,8H,7H2,1H3,(H,16,17). The maximum Gasteiger partial charge on any atom is 0.339 e. The summed E-state index contributed by atoms with van der Waals surface area (Å²) in [5.74, 6) is -0.385. The van der Waals surface area contributed by atoms with Gasteiger partial charge in [0.05, 0.1) is 5.69 Å². The van der Waals surface area contributed by atoms with E-state index in [2.05, 4.69) is 9.97 Å². The molecule has 0 aliphatic heterocycles. The van der Waals surface area contributed by atoms with Gasteiger partial charge in [0.25, 0.3) is 0 Å². The van der Waals surface area contributed by atoms with Gasteiger partial charge in [0.2, 0.25) is 0 Å². The fourth-order valence-electron chi connectivity index (χ4n) is 1.47. The van der Waals surface area contributed by atoms with Gasteiger partial charge in [0.1, 0.15) is 24.2 Å². The van der Waals surface area contributed by atoms with Gasteiger partial charge < -0.3 is 9.84 Å². The first kappa shape index (κ1) is 13.4. The van der Waals surface area contributed by atoms with Crippen LogP contribution in [0, 0.1) is 0 Å². The Labute approximate surface area is 114 Å². The Morgan fingerprint density at radius 2 is 2.11 bits per heavy atom. The number of benzene rings is 1. The van der Waals surface area contributed by atoms with E-state index in [-0.39, 0.29) is 12.2 Å². The number of nitrogens with zero attached hydrogens (tertiary/aromatic N) is 2. The number of ether oxygens (including phenoxy) is 1. The molecule has 0 aliphatic carbocycles. The van der Waals surface area contributed by atoms with Gasteiger partial charge >= 0.3 is 5.97 Å². The van der Waals surface area contributed by atoms with Crippen LogP contribution in [0.3, 0.4) is 0 Å². The molecule has 0 amide bonds. The number of carboxylic acid groups (broad SMARTS) is 1. The Morgan fingerprint density at radius 3 is 2.74 bits per heavy atom. The summed E-state index contributed by atoms with van der Waals surface area (Å²) in [6.07, 6.45) is 4.57. The molecule has 5 nitrogen and oxygen atoms in total. The highest BCUT2D eigenvalue weighted by Gasteiger charge is 2.11. The predicted molar refractivity (Wildman–Crippen MR) is 71.5 cm³/mol. The monoisotopic (exact) mass is 276 g/mol. The van der Waals surface area contributed by atoms with E-state index in [1.165, 1.54) is 12.5 Å². The summed E-state index contributed by atoms with van der Waals surface area (Å²) in [4.78, 5) is 19.7. The van der Waals surface area contributed by atoms with Crippen molar-refractivity contribution in [2.45, 2.75) is 11.5 Å². The maximum absolute atomic E-state index is 11.0. The zero-order valence-corrected chi connectivity index (χ0v) is 11.1. The van der Waals surface area contributed by atoms with E-state index in [4.69, 9.17) is 9.84 Å². The van der Waals surface area contributed by atoms with Crippen LogP contribution >= 0.6 is 11.8 Å². The largest absolute Gasteiger partial charge is 0.487 e. The van der Waals surface area contributed by atoms with Crippen LogP contribution in [0.2, 0.25) is 0 Å². The molecule has 19 heavy (non-hydrogen) atoms. The Morgan fingerprint density at radius 1 is 1.37 bits per heavy atom. The lowest BCUT2D eigenvalue weighted by molar-refractivity contribution is 0.0692. The predicted octanol–water partition coefficient (Wildman–Crippen LogP) is 2.48. The SMILES string of the molecule is CSc1ccc(OCc2ncncc2C(=O)O)cc1. The molecule has 0 unspecified atom stereocenters. The normalized spacial score (nSPS) is 10.2. The van der Waals surface area contributed by atoms with Gasteiger partial charge in [-0.1, -0.05) is 0 Å². The van der Waals surface area contributed by atoms with Crippen molar-refractivity contribution in [2.24, 2.45) is 0 Å². The molecule has 1 heterocycles. The molecule has 0 saturated carbocycles. The van der Waals surface area contributed by atoms with E-state index in [0.29, 0.717) is 11.4 Å². The minimum atomic E-state index is -1.06. The van der Waals surface area contributed by atoms with Gasteiger partial charge in [-0.3, -0.25) is 0 Å². The van der Waals surface area contributed by atoms with Crippen LogP contribution in [-0.2, 0) is 6.61 Å². The van der Waals surface area contributed by atoms with Crippen molar-refractivity contribution >= 4 is 17.7 Å². The summed E-state index contributed by atoms with van der Waals surface area (Å²) in [6.45, 7) is 0.1000. The number of carboxylic acids is 1. The number of carbonyl (C=O) groups is 1. The van der Waals surface area contributed by atoms with Crippen molar-refractivity contribution in [3.05, 3.63) is 48.0 Å². The number of hydrogen-bond acceptors (Lipinski definition) is 5. The number of rotatable bonds is 5. The van der Waals surface area contributed by atoms with Crippen molar-refractivity contribution in [2.75, 3.05) is 6.26 Å². The number of hydrogen-bond donors (Lipinski definition) is 1. The molecular weight excluding hydrogens is 264 g/mol. The molecule has 1 aromatic carbocycles. The molecule has 0 radical (unpaired) electrons. The smallest absolute Gasteiger partial charge is 0.339 e. The zero-order chi connectivity index (χ0) is 13.7. The van der Waals surface area contributed by atoms with Crippen LogP contribution in [0.4, 0.5) is 0 Å². The third kappa shape index (κ3) is 3.45. The molecular formula is C13H12N2O3S. The second-order valence-electron chi connectivity index (χ2n) is 3.65. The van der Waals surface area contributed by atoms with E-state index < -0.39 is 5.97 Å². The lowest BCUT2D eigenvalue weighted by Crippen LogP contribution is -2.08. The fraction of sp³-hybridized carbons (Fsp3) is 0.154. The van der Waals surface area contributed by atoms with Crippen LogP contribution in [-0.4, -0.2) is 27.3 Å². The zero-order valence-electron chi connectivity index (χ0n) is 10.2. The topological polar surface area (TPSA) is 72.3 Å². The number of thioether (sulfide) groups is 1. The molecule has 1 N–H and O–H groups in total. The molecule has 98 valence electrons. The average Bonchev–Trinajstić information content (AvgIpc) is 2.46. The third-order valence-electron chi connectivity index (χ3n) is 2.46. The summed E-state index contributed by atoms with van der Waals surface area (Å²) in [7, 11) is 0. The highest BCUT2D eigenvalue weighted by molar-refractivity contribution is 7.98. The Balaban J connectivity index is 2.07. The van der Waals surface area contributed by atoms with Crippen LogP contribution in [0.1, 0.15) is 16.1 Å². The average molecular weight is 276 g/mol. The van der Waals surface area contributed by atoms with Crippen molar-refractivity contribution in [1.82, 2.24) is 9.97 Å².